The van der Waals surface area contributed by atoms with Crippen LogP contribution in [0.5, 0.6) is 0 Å². The number of hydrogen-bond donors (Lipinski definition) is 0. The fourth-order valence-electron chi connectivity index (χ4n) is 2.45. The lowest BCUT2D eigenvalue weighted by Crippen LogP contribution is -2.30. The highest BCUT2D eigenvalue weighted by atomic mass is 32.2. The number of anilines is 1. The third kappa shape index (κ3) is 4.39. The summed E-state index contributed by atoms with van der Waals surface area (Å²) in [5.41, 5.74) is 1.86. The second-order valence-corrected chi connectivity index (χ2v) is 6.56. The van der Waals surface area contributed by atoms with Crippen molar-refractivity contribution in [3.05, 3.63) is 71.7 Å². The van der Waals surface area contributed by atoms with E-state index in [4.69, 9.17) is 4.74 Å². The van der Waals surface area contributed by atoms with E-state index < -0.39 is 0 Å². The molecule has 1 aliphatic rings. The number of benzene rings is 2. The number of aliphatic imine (C=N–C) groups is 1. The molecule has 0 aromatic heterocycles. The van der Waals surface area contributed by atoms with E-state index in [1.807, 2.05) is 37.3 Å². The molecule has 2 aromatic carbocycles. The summed E-state index contributed by atoms with van der Waals surface area (Å²) < 4.78 is 18.6. The van der Waals surface area contributed by atoms with Crippen LogP contribution in [0.25, 0.3) is 6.08 Å². The first-order valence-corrected chi connectivity index (χ1v) is 9.33. The first-order valence-electron chi connectivity index (χ1n) is 8.35. The molecular formula is C20H19FN2O2S. The van der Waals surface area contributed by atoms with Gasteiger partial charge in [-0.25, -0.2) is 9.38 Å². The Labute approximate surface area is 156 Å². The molecule has 0 radical (unpaired) electrons. The van der Waals surface area contributed by atoms with Crippen molar-refractivity contribution < 1.29 is 13.9 Å². The van der Waals surface area contributed by atoms with E-state index in [-0.39, 0.29) is 11.7 Å². The predicted octanol–water partition coefficient (Wildman–Crippen LogP) is 4.34. The Bertz CT molecular complexity index is 819. The van der Waals surface area contributed by atoms with Crippen LogP contribution in [-0.2, 0) is 9.53 Å². The van der Waals surface area contributed by atoms with Gasteiger partial charge in [0, 0.05) is 12.4 Å². The van der Waals surface area contributed by atoms with Crippen LogP contribution in [0.3, 0.4) is 0 Å². The number of amidine groups is 1. The van der Waals surface area contributed by atoms with Crippen molar-refractivity contribution in [2.45, 2.75) is 6.92 Å². The molecule has 0 unspecified atom stereocenters. The molecule has 6 heteroatoms. The first kappa shape index (κ1) is 18.4. The normalized spacial score (nSPS) is 15.6. The standard InChI is InChI=1S/C20H19FN2O2S/c1-2-25-12-13-26-20-22-18(14-15-6-4-3-5-7-15)19(24)23(20)17-10-8-16(21)9-11-17/h3-11,14H,2,12-13H2,1H3/b18-14+. The summed E-state index contributed by atoms with van der Waals surface area (Å²) in [4.78, 5) is 18.9. The highest BCUT2D eigenvalue weighted by Gasteiger charge is 2.31. The topological polar surface area (TPSA) is 41.9 Å². The Hall–Kier alpha value is -2.44. The fraction of sp³-hybridized carbons (Fsp3) is 0.200. The summed E-state index contributed by atoms with van der Waals surface area (Å²) in [5, 5.41) is 0.573. The van der Waals surface area contributed by atoms with Gasteiger partial charge in [-0.3, -0.25) is 9.69 Å². The van der Waals surface area contributed by atoms with Crippen LogP contribution >= 0.6 is 11.8 Å². The molecule has 0 spiro atoms. The van der Waals surface area contributed by atoms with Gasteiger partial charge in [0.15, 0.2) is 5.17 Å². The maximum absolute atomic E-state index is 13.3. The second-order valence-electron chi connectivity index (χ2n) is 5.50. The Morgan fingerprint density at radius 1 is 1.15 bits per heavy atom. The van der Waals surface area contributed by atoms with Gasteiger partial charge in [-0.2, -0.15) is 0 Å². The lowest BCUT2D eigenvalue weighted by atomic mass is 10.2. The highest BCUT2D eigenvalue weighted by molar-refractivity contribution is 8.14. The van der Waals surface area contributed by atoms with Crippen molar-refractivity contribution in [1.82, 2.24) is 0 Å². The zero-order valence-corrected chi connectivity index (χ0v) is 15.2. The van der Waals surface area contributed by atoms with Crippen molar-refractivity contribution in [2.24, 2.45) is 4.99 Å². The van der Waals surface area contributed by atoms with E-state index in [9.17, 15) is 9.18 Å². The van der Waals surface area contributed by atoms with Crippen molar-refractivity contribution in [1.29, 1.82) is 0 Å². The molecule has 0 atom stereocenters. The molecule has 2 aromatic rings. The first-order chi connectivity index (χ1) is 12.7. The van der Waals surface area contributed by atoms with Crippen molar-refractivity contribution in [2.75, 3.05) is 23.9 Å². The van der Waals surface area contributed by atoms with E-state index in [2.05, 4.69) is 4.99 Å². The highest BCUT2D eigenvalue weighted by Crippen LogP contribution is 2.29. The number of ether oxygens (including phenoxy) is 1. The third-order valence-corrected chi connectivity index (χ3v) is 4.58. The minimum Gasteiger partial charge on any atom is -0.381 e. The van der Waals surface area contributed by atoms with Gasteiger partial charge in [0.2, 0.25) is 0 Å². The Morgan fingerprint density at radius 3 is 2.58 bits per heavy atom. The molecule has 0 saturated carbocycles. The maximum Gasteiger partial charge on any atom is 0.283 e. The van der Waals surface area contributed by atoms with Crippen LogP contribution < -0.4 is 4.90 Å². The summed E-state index contributed by atoms with van der Waals surface area (Å²) in [5.74, 6) is 0.110. The van der Waals surface area contributed by atoms with Crippen LogP contribution in [0, 0.1) is 5.82 Å². The summed E-state index contributed by atoms with van der Waals surface area (Å²) in [6.07, 6.45) is 1.76. The zero-order valence-electron chi connectivity index (χ0n) is 14.4. The number of rotatable bonds is 6. The molecule has 1 heterocycles. The van der Waals surface area contributed by atoms with E-state index in [0.717, 1.165) is 5.56 Å². The molecule has 1 aliphatic heterocycles. The molecule has 0 fully saturated rings. The van der Waals surface area contributed by atoms with Crippen LogP contribution in [0.4, 0.5) is 10.1 Å². The number of hydrogen-bond acceptors (Lipinski definition) is 4. The van der Waals surface area contributed by atoms with Gasteiger partial charge in [0.05, 0.1) is 12.3 Å². The van der Waals surface area contributed by atoms with Crippen LogP contribution in [0.1, 0.15) is 12.5 Å². The second kappa shape index (κ2) is 8.78. The monoisotopic (exact) mass is 370 g/mol. The Morgan fingerprint density at radius 2 is 1.88 bits per heavy atom. The average Bonchev–Trinajstić information content (AvgIpc) is 2.96. The van der Waals surface area contributed by atoms with Crippen molar-refractivity contribution in [3.8, 4) is 0 Å². The average molecular weight is 370 g/mol. The predicted molar refractivity (Wildman–Crippen MR) is 105 cm³/mol. The van der Waals surface area contributed by atoms with Crippen LogP contribution in [0.15, 0.2) is 65.3 Å². The summed E-state index contributed by atoms with van der Waals surface area (Å²) in [6.45, 7) is 3.16. The van der Waals surface area contributed by atoms with Gasteiger partial charge in [-0.05, 0) is 42.8 Å². The number of nitrogens with zero attached hydrogens (tertiary/aromatic N) is 2. The molecule has 0 saturated heterocycles. The van der Waals surface area contributed by atoms with Gasteiger partial charge < -0.3 is 4.74 Å². The van der Waals surface area contributed by atoms with Crippen molar-refractivity contribution in [3.63, 3.8) is 0 Å². The van der Waals surface area contributed by atoms with E-state index in [1.54, 1.807) is 18.2 Å². The number of carbonyl (C=O) groups is 1. The van der Waals surface area contributed by atoms with E-state index in [1.165, 1.54) is 28.8 Å². The molecular weight excluding hydrogens is 351 g/mol. The van der Waals surface area contributed by atoms with Gasteiger partial charge in [-0.15, -0.1) is 0 Å². The third-order valence-electron chi connectivity index (χ3n) is 3.68. The van der Waals surface area contributed by atoms with Crippen LogP contribution in [-0.4, -0.2) is 30.0 Å². The summed E-state index contributed by atoms with van der Waals surface area (Å²) in [6, 6.07) is 15.4. The number of carbonyl (C=O) groups excluding carboxylic acids is 1. The smallest absolute Gasteiger partial charge is 0.283 e. The molecule has 1 amide bonds. The summed E-state index contributed by atoms with van der Waals surface area (Å²) >= 11 is 1.44. The van der Waals surface area contributed by atoms with Gasteiger partial charge in [0.25, 0.3) is 5.91 Å². The van der Waals surface area contributed by atoms with Crippen molar-refractivity contribution >= 4 is 34.6 Å². The minimum absolute atomic E-state index is 0.223. The minimum atomic E-state index is -0.345. The molecule has 26 heavy (non-hydrogen) atoms. The summed E-state index contributed by atoms with van der Waals surface area (Å²) in [7, 11) is 0. The molecule has 0 bridgehead atoms. The fourth-order valence-corrected chi connectivity index (χ4v) is 3.32. The van der Waals surface area contributed by atoms with Crippen LogP contribution in [0.2, 0.25) is 0 Å². The number of amides is 1. The van der Waals surface area contributed by atoms with Gasteiger partial charge >= 0.3 is 0 Å². The zero-order chi connectivity index (χ0) is 18.4. The Balaban J connectivity index is 1.88. The van der Waals surface area contributed by atoms with Gasteiger partial charge in [0.1, 0.15) is 11.5 Å². The lowest BCUT2D eigenvalue weighted by Gasteiger charge is -2.17. The Kier molecular flexibility index (Phi) is 6.20. The van der Waals surface area contributed by atoms with E-state index in [0.29, 0.717) is 35.5 Å². The SMILES string of the molecule is CCOCCSC1=N/C(=C/c2ccccc2)C(=O)N1c1ccc(F)cc1. The molecule has 4 nitrogen and oxygen atoms in total. The molecule has 0 N–H and O–H groups in total. The van der Waals surface area contributed by atoms with Gasteiger partial charge in [-0.1, -0.05) is 42.1 Å². The maximum atomic E-state index is 13.3. The lowest BCUT2D eigenvalue weighted by molar-refractivity contribution is -0.113. The molecule has 3 rings (SSSR count). The quantitative estimate of drug-likeness (QED) is 0.561. The van der Waals surface area contributed by atoms with E-state index >= 15 is 0 Å². The number of halogens is 1. The number of thioether (sulfide) groups is 1. The molecule has 0 aliphatic carbocycles. The largest absolute Gasteiger partial charge is 0.381 e. The molecule has 134 valence electrons.